The summed E-state index contributed by atoms with van der Waals surface area (Å²) in [4.78, 5) is 11.9. The predicted octanol–water partition coefficient (Wildman–Crippen LogP) is 3.46. The fourth-order valence-corrected chi connectivity index (χ4v) is 3.39. The van der Waals surface area contributed by atoms with Crippen LogP contribution in [0.15, 0.2) is 41.1 Å². The minimum atomic E-state index is -0.255. The summed E-state index contributed by atoms with van der Waals surface area (Å²) < 4.78 is 18.8. The van der Waals surface area contributed by atoms with Gasteiger partial charge in [0.25, 0.3) is 0 Å². The standard InChI is InChI=1S/C17H19FN2O2S/c18-15-3-1-13(2-4-15)16-14(5-7-22-16)10-20-17(21)19-9-12-6-8-23-11-12/h1-4,6,8,11,14,16H,5,7,9-10H2,(H2,19,20,21)/t14-,16-/m0/s1. The minimum absolute atomic E-state index is 0.0900. The van der Waals surface area contributed by atoms with Gasteiger partial charge in [0.1, 0.15) is 5.82 Å². The third kappa shape index (κ3) is 4.30. The van der Waals surface area contributed by atoms with Crippen LogP contribution in [-0.2, 0) is 11.3 Å². The van der Waals surface area contributed by atoms with Crippen molar-refractivity contribution in [3.63, 3.8) is 0 Å². The first-order valence-corrected chi connectivity index (χ1v) is 8.56. The van der Waals surface area contributed by atoms with E-state index in [0.717, 1.165) is 17.5 Å². The molecule has 1 fully saturated rings. The topological polar surface area (TPSA) is 50.4 Å². The SMILES string of the molecule is O=C(NCc1ccsc1)NC[C@@H]1CCO[C@H]1c1ccc(F)cc1. The molecule has 1 saturated heterocycles. The van der Waals surface area contributed by atoms with Gasteiger partial charge in [0.2, 0.25) is 0 Å². The lowest BCUT2D eigenvalue weighted by molar-refractivity contribution is 0.0909. The smallest absolute Gasteiger partial charge is 0.315 e. The highest BCUT2D eigenvalue weighted by atomic mass is 32.1. The second-order valence-corrected chi connectivity index (χ2v) is 6.37. The summed E-state index contributed by atoms with van der Waals surface area (Å²) in [7, 11) is 0. The molecule has 2 aromatic rings. The van der Waals surface area contributed by atoms with Gasteiger partial charge in [0.15, 0.2) is 0 Å². The quantitative estimate of drug-likeness (QED) is 0.880. The molecule has 0 unspecified atom stereocenters. The van der Waals surface area contributed by atoms with Crippen molar-refractivity contribution in [3.8, 4) is 0 Å². The number of rotatable bonds is 5. The van der Waals surface area contributed by atoms with Crippen LogP contribution in [0.3, 0.4) is 0 Å². The highest BCUT2D eigenvalue weighted by molar-refractivity contribution is 7.07. The molecule has 1 aromatic heterocycles. The van der Waals surface area contributed by atoms with Crippen LogP contribution in [0.5, 0.6) is 0 Å². The van der Waals surface area contributed by atoms with Crippen LogP contribution in [-0.4, -0.2) is 19.2 Å². The third-order valence-corrected chi connectivity index (χ3v) is 4.70. The summed E-state index contributed by atoms with van der Waals surface area (Å²) in [6.07, 6.45) is 0.792. The number of halogens is 1. The van der Waals surface area contributed by atoms with E-state index in [1.807, 2.05) is 16.8 Å². The molecule has 2 N–H and O–H groups in total. The van der Waals surface area contributed by atoms with Crippen LogP contribution in [0.25, 0.3) is 0 Å². The first-order chi connectivity index (χ1) is 11.2. The predicted molar refractivity (Wildman–Crippen MR) is 87.8 cm³/mol. The summed E-state index contributed by atoms with van der Waals surface area (Å²) in [6, 6.07) is 8.18. The van der Waals surface area contributed by atoms with Gasteiger partial charge in [-0.3, -0.25) is 0 Å². The van der Waals surface area contributed by atoms with Crippen molar-refractivity contribution in [2.45, 2.75) is 19.1 Å². The molecule has 4 nitrogen and oxygen atoms in total. The maximum Gasteiger partial charge on any atom is 0.315 e. The molecule has 3 rings (SSSR count). The number of carbonyl (C=O) groups excluding carboxylic acids is 1. The Labute approximate surface area is 138 Å². The fourth-order valence-electron chi connectivity index (χ4n) is 2.73. The maximum atomic E-state index is 13.0. The number of carbonyl (C=O) groups is 1. The molecule has 1 aromatic carbocycles. The number of nitrogens with one attached hydrogen (secondary N) is 2. The van der Waals surface area contributed by atoms with Gasteiger partial charge < -0.3 is 15.4 Å². The van der Waals surface area contributed by atoms with Crippen LogP contribution in [0.1, 0.15) is 23.7 Å². The summed E-state index contributed by atoms with van der Waals surface area (Å²) in [5.41, 5.74) is 2.05. The molecule has 23 heavy (non-hydrogen) atoms. The molecule has 6 heteroatoms. The second kappa shape index (κ2) is 7.57. The zero-order valence-electron chi connectivity index (χ0n) is 12.6. The van der Waals surface area contributed by atoms with Crippen molar-refractivity contribution in [1.29, 1.82) is 0 Å². The Balaban J connectivity index is 1.48. The third-order valence-electron chi connectivity index (χ3n) is 3.97. The molecule has 1 aliphatic heterocycles. The van der Waals surface area contributed by atoms with Crippen molar-refractivity contribution < 1.29 is 13.9 Å². The van der Waals surface area contributed by atoms with Crippen molar-refractivity contribution in [2.75, 3.05) is 13.2 Å². The van der Waals surface area contributed by atoms with Crippen LogP contribution in [0, 0.1) is 11.7 Å². The zero-order chi connectivity index (χ0) is 16.1. The molecule has 2 heterocycles. The lowest BCUT2D eigenvalue weighted by Crippen LogP contribution is -2.38. The zero-order valence-corrected chi connectivity index (χ0v) is 13.4. The van der Waals surface area contributed by atoms with Gasteiger partial charge in [-0.15, -0.1) is 0 Å². The molecular weight excluding hydrogens is 315 g/mol. The number of hydrogen-bond donors (Lipinski definition) is 2. The van der Waals surface area contributed by atoms with Crippen LogP contribution < -0.4 is 10.6 Å². The van der Waals surface area contributed by atoms with Gasteiger partial charge in [-0.1, -0.05) is 12.1 Å². The Kier molecular flexibility index (Phi) is 5.25. The lowest BCUT2D eigenvalue weighted by atomic mass is 9.95. The van der Waals surface area contributed by atoms with E-state index in [1.165, 1.54) is 12.1 Å². The van der Waals surface area contributed by atoms with Crippen molar-refractivity contribution in [1.82, 2.24) is 10.6 Å². The van der Waals surface area contributed by atoms with E-state index in [4.69, 9.17) is 4.74 Å². The van der Waals surface area contributed by atoms with E-state index in [1.54, 1.807) is 23.5 Å². The van der Waals surface area contributed by atoms with Gasteiger partial charge in [0.05, 0.1) is 6.10 Å². The number of hydrogen-bond acceptors (Lipinski definition) is 3. The molecule has 1 aliphatic rings. The Hall–Kier alpha value is -1.92. The molecule has 2 atom stereocenters. The van der Waals surface area contributed by atoms with Gasteiger partial charge >= 0.3 is 6.03 Å². The van der Waals surface area contributed by atoms with Gasteiger partial charge in [-0.05, 0) is 46.5 Å². The van der Waals surface area contributed by atoms with E-state index in [2.05, 4.69) is 10.6 Å². The Morgan fingerprint density at radius 1 is 1.26 bits per heavy atom. The van der Waals surface area contributed by atoms with Gasteiger partial charge in [-0.25, -0.2) is 9.18 Å². The minimum Gasteiger partial charge on any atom is -0.373 e. The molecular formula is C17H19FN2O2S. The van der Waals surface area contributed by atoms with Crippen molar-refractivity contribution in [2.24, 2.45) is 5.92 Å². The van der Waals surface area contributed by atoms with Gasteiger partial charge in [-0.2, -0.15) is 11.3 Å². The molecule has 122 valence electrons. The summed E-state index contributed by atoms with van der Waals surface area (Å²) in [5, 5.41) is 9.73. The van der Waals surface area contributed by atoms with E-state index >= 15 is 0 Å². The molecule has 0 spiro atoms. The summed E-state index contributed by atoms with van der Waals surface area (Å²) in [5.74, 6) is -0.0541. The lowest BCUT2D eigenvalue weighted by Gasteiger charge is -2.19. The number of urea groups is 1. The largest absolute Gasteiger partial charge is 0.373 e. The number of thiophene rings is 1. The average Bonchev–Trinajstić information content (AvgIpc) is 3.23. The summed E-state index contributed by atoms with van der Waals surface area (Å²) >= 11 is 1.61. The molecule has 0 saturated carbocycles. The van der Waals surface area contributed by atoms with E-state index in [9.17, 15) is 9.18 Å². The monoisotopic (exact) mass is 334 g/mol. The maximum absolute atomic E-state index is 13.0. The van der Waals surface area contributed by atoms with E-state index in [-0.39, 0.29) is 23.9 Å². The first kappa shape index (κ1) is 16.0. The number of ether oxygens (including phenoxy) is 1. The Morgan fingerprint density at radius 3 is 2.83 bits per heavy atom. The van der Waals surface area contributed by atoms with Crippen molar-refractivity contribution >= 4 is 17.4 Å². The highest BCUT2D eigenvalue weighted by Gasteiger charge is 2.29. The second-order valence-electron chi connectivity index (χ2n) is 5.59. The summed E-state index contributed by atoms with van der Waals surface area (Å²) in [6.45, 7) is 1.72. The van der Waals surface area contributed by atoms with Crippen LogP contribution in [0.2, 0.25) is 0 Å². The fraction of sp³-hybridized carbons (Fsp3) is 0.353. The highest BCUT2D eigenvalue weighted by Crippen LogP contribution is 2.34. The molecule has 2 amide bonds. The molecule has 0 aliphatic carbocycles. The Bertz CT molecular complexity index is 631. The number of amides is 2. The molecule has 0 bridgehead atoms. The Morgan fingerprint density at radius 2 is 2.09 bits per heavy atom. The number of benzene rings is 1. The van der Waals surface area contributed by atoms with Crippen molar-refractivity contribution in [3.05, 3.63) is 58.0 Å². The first-order valence-electron chi connectivity index (χ1n) is 7.62. The van der Waals surface area contributed by atoms with E-state index in [0.29, 0.717) is 19.7 Å². The normalized spacial score (nSPS) is 20.4. The van der Waals surface area contributed by atoms with Crippen LogP contribution in [0.4, 0.5) is 9.18 Å². The van der Waals surface area contributed by atoms with E-state index < -0.39 is 0 Å². The molecule has 0 radical (unpaired) electrons. The van der Waals surface area contributed by atoms with Crippen LogP contribution >= 0.6 is 11.3 Å². The average molecular weight is 334 g/mol. The van der Waals surface area contributed by atoms with Gasteiger partial charge in [0, 0.05) is 25.6 Å².